The first kappa shape index (κ1) is 9.64. The summed E-state index contributed by atoms with van der Waals surface area (Å²) in [5.41, 5.74) is -0.215. The molecule has 0 radical (unpaired) electrons. The molecule has 6 heteroatoms. The van der Waals surface area contributed by atoms with Crippen molar-refractivity contribution in [2.75, 3.05) is 0 Å². The van der Waals surface area contributed by atoms with E-state index in [-0.39, 0.29) is 6.04 Å². The van der Waals surface area contributed by atoms with Gasteiger partial charge in [-0.2, -0.15) is 18.3 Å². The van der Waals surface area contributed by atoms with Crippen molar-refractivity contribution in [3.05, 3.63) is 34.0 Å². The average molecular weight is 265 g/mol. The third kappa shape index (κ3) is 1.54. The second-order valence-corrected chi connectivity index (χ2v) is 3.61. The molecule has 1 atom stereocenters. The Morgan fingerprint density at radius 3 is 2.71 bits per heavy atom. The van der Waals surface area contributed by atoms with Crippen LogP contribution in [0, 0.1) is 0 Å². The van der Waals surface area contributed by atoms with E-state index in [0.29, 0.717) is 10.2 Å². The smallest absolute Gasteiger partial charge is 0.176 e. The highest BCUT2D eigenvalue weighted by Gasteiger charge is 2.35. The first-order valence-corrected chi connectivity index (χ1v) is 4.55. The van der Waals surface area contributed by atoms with Crippen LogP contribution in [0.1, 0.15) is 0 Å². The van der Waals surface area contributed by atoms with Crippen molar-refractivity contribution in [1.82, 2.24) is 0 Å². The average Bonchev–Trinajstić information content (AvgIpc) is 2.46. The van der Waals surface area contributed by atoms with Gasteiger partial charge in [-0.05, 0) is 22.0 Å². The van der Waals surface area contributed by atoms with Crippen LogP contribution in [0.25, 0.3) is 0 Å². The molecule has 74 valence electrons. The van der Waals surface area contributed by atoms with E-state index in [0.717, 1.165) is 12.2 Å². The molecule has 2 aliphatic rings. The van der Waals surface area contributed by atoms with Gasteiger partial charge >= 0.3 is 6.18 Å². The first-order chi connectivity index (χ1) is 6.48. The molecule has 0 fully saturated rings. The molecule has 1 aliphatic carbocycles. The Labute approximate surface area is 86.0 Å². The van der Waals surface area contributed by atoms with Gasteiger partial charge in [-0.25, -0.2) is 0 Å². The first-order valence-electron chi connectivity index (χ1n) is 3.76. The second-order valence-electron chi connectivity index (χ2n) is 2.86. The lowest BCUT2D eigenvalue weighted by Gasteiger charge is -2.14. The lowest BCUT2D eigenvalue weighted by Crippen LogP contribution is -2.15. The van der Waals surface area contributed by atoms with Gasteiger partial charge in [-0.3, -0.25) is 0 Å². The molecule has 2 nitrogen and oxygen atoms in total. The molecule has 0 saturated heterocycles. The zero-order chi connectivity index (χ0) is 10.3. The SMILES string of the molecule is FC(F)(F)C1=CC2=C(Br)N=N[C@@H]2C=C1. The van der Waals surface area contributed by atoms with Crippen LogP contribution < -0.4 is 0 Å². The standard InChI is InChI=1S/C8H4BrF3N2/c9-7-5-3-4(8(10,11)12)1-2-6(5)13-14-7/h1-3,6H/t6-/m1/s1. The number of hydrogen-bond acceptors (Lipinski definition) is 2. The fourth-order valence-corrected chi connectivity index (χ4v) is 1.67. The van der Waals surface area contributed by atoms with E-state index < -0.39 is 11.7 Å². The van der Waals surface area contributed by atoms with Gasteiger partial charge in [-0.15, -0.1) is 5.11 Å². The van der Waals surface area contributed by atoms with E-state index in [2.05, 4.69) is 26.2 Å². The van der Waals surface area contributed by atoms with Crippen molar-refractivity contribution in [3.63, 3.8) is 0 Å². The highest BCUT2D eigenvalue weighted by atomic mass is 79.9. The van der Waals surface area contributed by atoms with E-state index in [1.165, 1.54) is 6.08 Å². The van der Waals surface area contributed by atoms with Crippen LogP contribution in [-0.2, 0) is 0 Å². The van der Waals surface area contributed by atoms with Crippen LogP contribution >= 0.6 is 15.9 Å². The fourth-order valence-electron chi connectivity index (χ4n) is 1.23. The summed E-state index contributed by atoms with van der Waals surface area (Å²) in [6.07, 6.45) is -0.839. The Bertz CT molecular complexity index is 390. The Hall–Kier alpha value is -0.910. The largest absolute Gasteiger partial charge is 0.416 e. The van der Waals surface area contributed by atoms with Crippen molar-refractivity contribution in [3.8, 4) is 0 Å². The molecule has 0 spiro atoms. The number of rotatable bonds is 0. The van der Waals surface area contributed by atoms with Crippen LogP contribution in [0.4, 0.5) is 13.2 Å². The molecule has 0 bridgehead atoms. The van der Waals surface area contributed by atoms with Crippen LogP contribution in [0.5, 0.6) is 0 Å². The van der Waals surface area contributed by atoms with Crippen molar-refractivity contribution < 1.29 is 13.2 Å². The predicted octanol–water partition coefficient (Wildman–Crippen LogP) is 3.49. The molecule has 2 rings (SSSR count). The molecule has 14 heavy (non-hydrogen) atoms. The van der Waals surface area contributed by atoms with Gasteiger partial charge in [0.15, 0.2) is 0 Å². The molecule has 1 aliphatic heterocycles. The zero-order valence-electron chi connectivity index (χ0n) is 6.72. The number of halogens is 4. The third-order valence-electron chi connectivity index (χ3n) is 1.92. The number of alkyl halides is 3. The molecule has 0 amide bonds. The van der Waals surface area contributed by atoms with Gasteiger partial charge in [-0.1, -0.05) is 12.2 Å². The van der Waals surface area contributed by atoms with Gasteiger partial charge in [0.05, 0.1) is 5.57 Å². The zero-order valence-corrected chi connectivity index (χ0v) is 8.30. The summed E-state index contributed by atoms with van der Waals surface area (Å²) in [7, 11) is 0. The van der Waals surface area contributed by atoms with E-state index in [4.69, 9.17) is 0 Å². The summed E-state index contributed by atoms with van der Waals surface area (Å²) < 4.78 is 37.3. The Morgan fingerprint density at radius 1 is 1.36 bits per heavy atom. The van der Waals surface area contributed by atoms with Crippen LogP contribution in [0.2, 0.25) is 0 Å². The summed E-state index contributed by atoms with van der Waals surface area (Å²) in [5.74, 6) is 0. The van der Waals surface area contributed by atoms with Crippen LogP contribution in [0.3, 0.4) is 0 Å². The monoisotopic (exact) mass is 264 g/mol. The van der Waals surface area contributed by atoms with Crippen LogP contribution in [-0.4, -0.2) is 12.2 Å². The van der Waals surface area contributed by atoms with E-state index in [1.54, 1.807) is 0 Å². The fraction of sp³-hybridized carbons (Fsp3) is 0.250. The lowest BCUT2D eigenvalue weighted by atomic mass is 9.99. The number of hydrogen-bond donors (Lipinski definition) is 0. The summed E-state index contributed by atoms with van der Waals surface area (Å²) in [6, 6.07) is -0.365. The minimum absolute atomic E-state index is 0.365. The summed E-state index contributed by atoms with van der Waals surface area (Å²) in [6.45, 7) is 0. The molecule has 0 aromatic heterocycles. The number of nitrogens with zero attached hydrogens (tertiary/aromatic N) is 2. The molecule has 0 aromatic rings. The third-order valence-corrected chi connectivity index (χ3v) is 2.54. The molecule has 0 aromatic carbocycles. The van der Waals surface area contributed by atoms with Crippen molar-refractivity contribution in [2.24, 2.45) is 10.2 Å². The van der Waals surface area contributed by atoms with Gasteiger partial charge in [0.2, 0.25) is 0 Å². The normalized spacial score (nSPS) is 25.4. The Kier molecular flexibility index (Phi) is 2.10. The second kappa shape index (κ2) is 3.05. The maximum atomic E-state index is 12.3. The quantitative estimate of drug-likeness (QED) is 0.599. The molecule has 0 N–H and O–H groups in total. The number of fused-ring (bicyclic) bond motifs is 1. The minimum atomic E-state index is -4.32. The van der Waals surface area contributed by atoms with Gasteiger partial charge in [0.1, 0.15) is 10.6 Å². The topological polar surface area (TPSA) is 24.7 Å². The van der Waals surface area contributed by atoms with Crippen molar-refractivity contribution in [1.29, 1.82) is 0 Å². The highest BCUT2D eigenvalue weighted by molar-refractivity contribution is 9.11. The van der Waals surface area contributed by atoms with Gasteiger partial charge in [0.25, 0.3) is 0 Å². The predicted molar refractivity (Wildman–Crippen MR) is 47.9 cm³/mol. The molecular weight excluding hydrogens is 261 g/mol. The molecule has 0 unspecified atom stereocenters. The van der Waals surface area contributed by atoms with E-state index >= 15 is 0 Å². The maximum Gasteiger partial charge on any atom is 0.416 e. The lowest BCUT2D eigenvalue weighted by molar-refractivity contribution is -0.0883. The Morgan fingerprint density at radius 2 is 2.07 bits per heavy atom. The summed E-state index contributed by atoms with van der Waals surface area (Å²) >= 11 is 3.05. The molecular formula is C8H4BrF3N2. The van der Waals surface area contributed by atoms with Crippen molar-refractivity contribution >= 4 is 15.9 Å². The minimum Gasteiger partial charge on any atom is -0.176 e. The van der Waals surface area contributed by atoms with Gasteiger partial charge < -0.3 is 0 Å². The van der Waals surface area contributed by atoms with Crippen LogP contribution in [0.15, 0.2) is 44.2 Å². The molecule has 0 saturated carbocycles. The number of allylic oxidation sites excluding steroid dienone is 2. The highest BCUT2D eigenvalue weighted by Crippen LogP contribution is 2.36. The summed E-state index contributed by atoms with van der Waals surface area (Å²) in [4.78, 5) is 0. The van der Waals surface area contributed by atoms with E-state index in [1.807, 2.05) is 0 Å². The van der Waals surface area contributed by atoms with Gasteiger partial charge in [0, 0.05) is 5.57 Å². The summed E-state index contributed by atoms with van der Waals surface area (Å²) in [5, 5.41) is 7.42. The van der Waals surface area contributed by atoms with Crippen molar-refractivity contribution in [2.45, 2.75) is 12.2 Å². The number of azo groups is 1. The molecule has 1 heterocycles. The maximum absolute atomic E-state index is 12.3. The Balaban J connectivity index is 2.40. The van der Waals surface area contributed by atoms with E-state index in [9.17, 15) is 13.2 Å².